The topological polar surface area (TPSA) is 58.6 Å². The third-order valence-electron chi connectivity index (χ3n) is 2.49. The van der Waals surface area contributed by atoms with Crippen LogP contribution >= 0.6 is 0 Å². The van der Waals surface area contributed by atoms with Gasteiger partial charge in [-0.2, -0.15) is 0 Å². The van der Waals surface area contributed by atoms with Crippen molar-refractivity contribution in [3.8, 4) is 0 Å². The van der Waals surface area contributed by atoms with Gasteiger partial charge in [-0.25, -0.2) is 0 Å². The van der Waals surface area contributed by atoms with Crippen LogP contribution in [0.4, 0.5) is 0 Å². The Labute approximate surface area is 91.0 Å². The molecule has 2 N–H and O–H groups in total. The van der Waals surface area contributed by atoms with E-state index in [2.05, 4.69) is 12.2 Å². The molecular formula is C11H21NO3. The summed E-state index contributed by atoms with van der Waals surface area (Å²) in [5.74, 6) is -0.808. The Hall–Kier alpha value is -0.610. The maximum Gasteiger partial charge on any atom is 0.323 e. The first-order valence-corrected chi connectivity index (χ1v) is 5.80. The van der Waals surface area contributed by atoms with Crippen LogP contribution in [0, 0.1) is 0 Å². The summed E-state index contributed by atoms with van der Waals surface area (Å²) in [6.07, 6.45) is 5.52. The molecule has 1 rings (SSSR count). The zero-order valence-corrected chi connectivity index (χ0v) is 9.37. The molecular weight excluding hydrogens is 194 g/mol. The SMILES string of the molecule is CCCCCOCC(NC1CC1)C(=O)O. The third-order valence-corrected chi connectivity index (χ3v) is 2.49. The lowest BCUT2D eigenvalue weighted by atomic mass is 10.2. The van der Waals surface area contributed by atoms with E-state index in [4.69, 9.17) is 9.84 Å². The van der Waals surface area contributed by atoms with Crippen LogP contribution in [0.25, 0.3) is 0 Å². The number of ether oxygens (including phenoxy) is 1. The molecule has 0 bridgehead atoms. The van der Waals surface area contributed by atoms with Crippen molar-refractivity contribution in [3.63, 3.8) is 0 Å². The number of nitrogens with one attached hydrogen (secondary N) is 1. The smallest absolute Gasteiger partial charge is 0.323 e. The van der Waals surface area contributed by atoms with E-state index >= 15 is 0 Å². The van der Waals surface area contributed by atoms with E-state index in [1.165, 1.54) is 0 Å². The van der Waals surface area contributed by atoms with Crippen LogP contribution in [-0.2, 0) is 9.53 Å². The lowest BCUT2D eigenvalue weighted by Crippen LogP contribution is -2.41. The summed E-state index contributed by atoms with van der Waals surface area (Å²) in [6.45, 7) is 3.09. The summed E-state index contributed by atoms with van der Waals surface area (Å²) in [5, 5.41) is 12.0. The van der Waals surface area contributed by atoms with Gasteiger partial charge >= 0.3 is 5.97 Å². The Morgan fingerprint density at radius 2 is 2.27 bits per heavy atom. The molecule has 0 aliphatic heterocycles. The van der Waals surface area contributed by atoms with Crippen molar-refractivity contribution in [2.45, 2.75) is 51.1 Å². The van der Waals surface area contributed by atoms with Gasteiger partial charge in [0.1, 0.15) is 6.04 Å². The zero-order valence-electron chi connectivity index (χ0n) is 9.37. The quantitative estimate of drug-likeness (QED) is 0.571. The Kier molecular flexibility index (Phi) is 5.65. The van der Waals surface area contributed by atoms with Crippen LogP contribution < -0.4 is 5.32 Å². The van der Waals surface area contributed by atoms with E-state index in [0.29, 0.717) is 12.6 Å². The van der Waals surface area contributed by atoms with Crippen molar-refractivity contribution in [1.82, 2.24) is 5.32 Å². The average molecular weight is 215 g/mol. The second kappa shape index (κ2) is 6.80. The maximum atomic E-state index is 10.8. The van der Waals surface area contributed by atoms with E-state index in [1.807, 2.05) is 0 Å². The van der Waals surface area contributed by atoms with Crippen LogP contribution in [0.5, 0.6) is 0 Å². The highest BCUT2D eigenvalue weighted by atomic mass is 16.5. The number of carbonyl (C=O) groups is 1. The molecule has 0 radical (unpaired) electrons. The van der Waals surface area contributed by atoms with E-state index in [0.717, 1.165) is 32.1 Å². The highest BCUT2D eigenvalue weighted by Crippen LogP contribution is 2.19. The molecule has 1 unspecified atom stereocenters. The monoisotopic (exact) mass is 215 g/mol. The van der Waals surface area contributed by atoms with Crippen molar-refractivity contribution in [1.29, 1.82) is 0 Å². The minimum absolute atomic E-state index is 0.287. The molecule has 15 heavy (non-hydrogen) atoms. The molecule has 1 atom stereocenters. The molecule has 1 fully saturated rings. The molecule has 0 heterocycles. The minimum atomic E-state index is -0.808. The highest BCUT2D eigenvalue weighted by molar-refractivity contribution is 5.73. The number of hydrogen-bond donors (Lipinski definition) is 2. The normalized spacial score (nSPS) is 17.7. The molecule has 88 valence electrons. The summed E-state index contributed by atoms with van der Waals surface area (Å²) in [5.41, 5.74) is 0. The summed E-state index contributed by atoms with van der Waals surface area (Å²) in [4.78, 5) is 10.8. The molecule has 4 nitrogen and oxygen atoms in total. The first-order chi connectivity index (χ1) is 7.24. The maximum absolute atomic E-state index is 10.8. The van der Waals surface area contributed by atoms with Gasteiger partial charge in [0.05, 0.1) is 6.61 Å². The summed E-state index contributed by atoms with van der Waals surface area (Å²) >= 11 is 0. The van der Waals surface area contributed by atoms with Gasteiger partial charge in [-0.1, -0.05) is 19.8 Å². The molecule has 1 aliphatic carbocycles. The lowest BCUT2D eigenvalue weighted by Gasteiger charge is -2.13. The van der Waals surface area contributed by atoms with E-state index in [1.54, 1.807) is 0 Å². The molecule has 0 saturated heterocycles. The summed E-state index contributed by atoms with van der Waals surface area (Å²) in [7, 11) is 0. The van der Waals surface area contributed by atoms with Crippen molar-refractivity contribution >= 4 is 5.97 Å². The lowest BCUT2D eigenvalue weighted by molar-refractivity contribution is -0.141. The Morgan fingerprint density at radius 3 is 2.80 bits per heavy atom. The number of unbranched alkanes of at least 4 members (excludes halogenated alkanes) is 2. The number of carboxylic acid groups (broad SMARTS) is 1. The van der Waals surface area contributed by atoms with Gasteiger partial charge < -0.3 is 9.84 Å². The van der Waals surface area contributed by atoms with Crippen molar-refractivity contribution in [3.05, 3.63) is 0 Å². The predicted molar refractivity (Wildman–Crippen MR) is 57.9 cm³/mol. The van der Waals surface area contributed by atoms with Gasteiger partial charge in [0.15, 0.2) is 0 Å². The van der Waals surface area contributed by atoms with E-state index in [-0.39, 0.29) is 6.61 Å². The molecule has 4 heteroatoms. The molecule has 1 saturated carbocycles. The number of hydrogen-bond acceptors (Lipinski definition) is 3. The standard InChI is InChI=1S/C11H21NO3/c1-2-3-4-7-15-8-10(11(13)14)12-9-5-6-9/h9-10,12H,2-8H2,1H3,(H,13,14). The fourth-order valence-electron chi connectivity index (χ4n) is 1.38. The predicted octanol–water partition coefficient (Wildman–Crippen LogP) is 1.40. The minimum Gasteiger partial charge on any atom is -0.480 e. The van der Waals surface area contributed by atoms with Crippen LogP contribution in [0.1, 0.15) is 39.0 Å². The molecule has 0 aromatic heterocycles. The molecule has 0 amide bonds. The fourth-order valence-corrected chi connectivity index (χ4v) is 1.38. The molecule has 0 aromatic rings. The van der Waals surface area contributed by atoms with Gasteiger partial charge in [-0.05, 0) is 19.3 Å². The second-order valence-electron chi connectivity index (χ2n) is 4.11. The summed E-state index contributed by atoms with van der Waals surface area (Å²) in [6, 6.07) is -0.121. The molecule has 0 aromatic carbocycles. The zero-order chi connectivity index (χ0) is 11.1. The van der Waals surface area contributed by atoms with Gasteiger partial charge in [-0.15, -0.1) is 0 Å². The van der Waals surface area contributed by atoms with Crippen molar-refractivity contribution in [2.24, 2.45) is 0 Å². The van der Waals surface area contributed by atoms with Crippen LogP contribution in [-0.4, -0.2) is 36.4 Å². The Morgan fingerprint density at radius 1 is 1.53 bits per heavy atom. The third kappa shape index (κ3) is 5.74. The second-order valence-corrected chi connectivity index (χ2v) is 4.11. The van der Waals surface area contributed by atoms with Gasteiger partial charge in [0, 0.05) is 12.6 Å². The van der Waals surface area contributed by atoms with Crippen molar-refractivity contribution in [2.75, 3.05) is 13.2 Å². The number of aliphatic carboxylic acids is 1. The number of carboxylic acids is 1. The van der Waals surface area contributed by atoms with E-state index < -0.39 is 12.0 Å². The Balaban J connectivity index is 2.05. The average Bonchev–Trinajstić information content (AvgIpc) is 2.99. The molecule has 1 aliphatic rings. The van der Waals surface area contributed by atoms with Crippen LogP contribution in [0.15, 0.2) is 0 Å². The fraction of sp³-hybridized carbons (Fsp3) is 0.909. The van der Waals surface area contributed by atoms with Crippen LogP contribution in [0.3, 0.4) is 0 Å². The molecule has 0 spiro atoms. The van der Waals surface area contributed by atoms with Gasteiger partial charge in [-0.3, -0.25) is 10.1 Å². The van der Waals surface area contributed by atoms with E-state index in [9.17, 15) is 4.79 Å². The summed E-state index contributed by atoms with van der Waals surface area (Å²) < 4.78 is 5.34. The van der Waals surface area contributed by atoms with Crippen molar-refractivity contribution < 1.29 is 14.6 Å². The Bertz CT molecular complexity index is 192. The first-order valence-electron chi connectivity index (χ1n) is 5.80. The largest absolute Gasteiger partial charge is 0.480 e. The van der Waals surface area contributed by atoms with Crippen LogP contribution in [0.2, 0.25) is 0 Å². The van der Waals surface area contributed by atoms with Gasteiger partial charge in [0.25, 0.3) is 0 Å². The highest BCUT2D eigenvalue weighted by Gasteiger charge is 2.28. The van der Waals surface area contributed by atoms with Gasteiger partial charge in [0.2, 0.25) is 0 Å². The number of rotatable bonds is 9. The first kappa shape index (κ1) is 12.5.